The molecule has 11 heavy (non-hydrogen) atoms. The maximum atomic E-state index is 1.62. The molecular weight excluding hydrogens is 132 g/mol. The van der Waals surface area contributed by atoms with Gasteiger partial charge in [-0.05, 0) is 49.4 Å². The molecule has 3 aliphatic rings. The largest absolute Gasteiger partial charge is 0.0528 e. The van der Waals surface area contributed by atoms with Crippen molar-refractivity contribution in [2.24, 2.45) is 23.7 Å². The zero-order valence-corrected chi connectivity index (χ0v) is 7.26. The standard InChI is InChI=1S/C11H18/c1-2-8-6-9(3-1)11-5-4-10(8)7-11/h8-11H,1-7H2. The number of fused-ring (bicyclic) bond motifs is 6. The Balaban J connectivity index is 1.88. The highest BCUT2D eigenvalue weighted by molar-refractivity contribution is 4.93. The molecule has 0 saturated heterocycles. The molecule has 4 atom stereocenters. The zero-order valence-electron chi connectivity index (χ0n) is 7.26. The molecule has 4 bridgehead atoms. The molecule has 62 valence electrons. The van der Waals surface area contributed by atoms with Gasteiger partial charge in [0, 0.05) is 0 Å². The summed E-state index contributed by atoms with van der Waals surface area (Å²) in [6.45, 7) is 0. The third-order valence-corrected chi connectivity index (χ3v) is 4.60. The third-order valence-electron chi connectivity index (χ3n) is 4.60. The number of rotatable bonds is 0. The van der Waals surface area contributed by atoms with Gasteiger partial charge in [-0.2, -0.15) is 0 Å². The molecule has 0 heteroatoms. The lowest BCUT2D eigenvalue weighted by Crippen LogP contribution is -2.29. The van der Waals surface area contributed by atoms with Crippen molar-refractivity contribution < 1.29 is 0 Å². The summed E-state index contributed by atoms with van der Waals surface area (Å²) in [5, 5.41) is 0. The van der Waals surface area contributed by atoms with Gasteiger partial charge in [-0.25, -0.2) is 0 Å². The Kier molecular flexibility index (Phi) is 1.33. The van der Waals surface area contributed by atoms with Crippen molar-refractivity contribution in [3.8, 4) is 0 Å². The maximum Gasteiger partial charge on any atom is -0.0383 e. The molecule has 0 aromatic rings. The summed E-state index contributed by atoms with van der Waals surface area (Å²) in [5.41, 5.74) is 0. The smallest absolute Gasteiger partial charge is 0.0383 e. The minimum Gasteiger partial charge on any atom is -0.0528 e. The van der Waals surface area contributed by atoms with Gasteiger partial charge in [-0.3, -0.25) is 0 Å². The van der Waals surface area contributed by atoms with Crippen molar-refractivity contribution in [1.29, 1.82) is 0 Å². The van der Waals surface area contributed by atoms with Crippen molar-refractivity contribution >= 4 is 0 Å². The average Bonchev–Trinajstić information content (AvgIpc) is 2.48. The van der Waals surface area contributed by atoms with E-state index in [1.165, 1.54) is 23.7 Å². The van der Waals surface area contributed by atoms with Gasteiger partial charge in [-0.1, -0.05) is 19.3 Å². The third kappa shape index (κ3) is 0.878. The molecule has 0 amide bonds. The molecule has 3 aliphatic carbocycles. The highest BCUT2D eigenvalue weighted by Gasteiger charge is 2.42. The van der Waals surface area contributed by atoms with Crippen LogP contribution < -0.4 is 0 Å². The average molecular weight is 150 g/mol. The van der Waals surface area contributed by atoms with Crippen LogP contribution in [-0.4, -0.2) is 0 Å². The van der Waals surface area contributed by atoms with Crippen LogP contribution in [0.25, 0.3) is 0 Å². The van der Waals surface area contributed by atoms with Crippen LogP contribution in [0.15, 0.2) is 0 Å². The lowest BCUT2D eigenvalue weighted by Gasteiger charge is -2.39. The predicted octanol–water partition coefficient (Wildman–Crippen LogP) is 3.22. The van der Waals surface area contributed by atoms with Gasteiger partial charge >= 0.3 is 0 Å². The fourth-order valence-corrected chi connectivity index (χ4v) is 4.03. The fraction of sp³-hybridized carbons (Fsp3) is 1.00. The van der Waals surface area contributed by atoms with Gasteiger partial charge in [0.15, 0.2) is 0 Å². The highest BCUT2D eigenvalue weighted by Crippen LogP contribution is 2.53. The minimum atomic E-state index is 1.17. The summed E-state index contributed by atoms with van der Waals surface area (Å²) in [7, 11) is 0. The maximum absolute atomic E-state index is 1.62. The molecule has 0 aliphatic heterocycles. The first kappa shape index (κ1) is 6.51. The molecule has 0 nitrogen and oxygen atoms in total. The molecule has 0 aromatic carbocycles. The second-order valence-corrected chi connectivity index (χ2v) is 5.02. The van der Waals surface area contributed by atoms with Gasteiger partial charge in [0.2, 0.25) is 0 Å². The molecule has 3 rings (SSSR count). The Hall–Kier alpha value is 0. The lowest BCUT2D eigenvalue weighted by atomic mass is 9.66. The predicted molar refractivity (Wildman–Crippen MR) is 46.3 cm³/mol. The molecule has 0 spiro atoms. The van der Waals surface area contributed by atoms with E-state index in [1.54, 1.807) is 44.9 Å². The molecule has 3 saturated carbocycles. The first-order valence-corrected chi connectivity index (χ1v) is 5.43. The van der Waals surface area contributed by atoms with Crippen LogP contribution >= 0.6 is 0 Å². The molecule has 0 radical (unpaired) electrons. The Morgan fingerprint density at radius 3 is 1.55 bits per heavy atom. The summed E-state index contributed by atoms with van der Waals surface area (Å²) >= 11 is 0. The van der Waals surface area contributed by atoms with E-state index in [2.05, 4.69) is 0 Å². The summed E-state index contributed by atoms with van der Waals surface area (Å²) in [4.78, 5) is 0. The second kappa shape index (κ2) is 2.24. The lowest BCUT2D eigenvalue weighted by molar-refractivity contribution is 0.114. The van der Waals surface area contributed by atoms with Crippen LogP contribution in [0.4, 0.5) is 0 Å². The zero-order chi connectivity index (χ0) is 7.26. The van der Waals surface area contributed by atoms with Crippen LogP contribution in [0.5, 0.6) is 0 Å². The van der Waals surface area contributed by atoms with Crippen LogP contribution in [0.1, 0.15) is 44.9 Å². The normalized spacial score (nSPS) is 54.5. The van der Waals surface area contributed by atoms with Crippen molar-refractivity contribution in [3.63, 3.8) is 0 Å². The quantitative estimate of drug-likeness (QED) is 0.497. The van der Waals surface area contributed by atoms with Crippen molar-refractivity contribution in [1.82, 2.24) is 0 Å². The summed E-state index contributed by atoms with van der Waals surface area (Å²) < 4.78 is 0. The van der Waals surface area contributed by atoms with Crippen LogP contribution in [0.2, 0.25) is 0 Å². The van der Waals surface area contributed by atoms with Gasteiger partial charge in [0.25, 0.3) is 0 Å². The molecule has 0 N–H and O–H groups in total. The van der Waals surface area contributed by atoms with Gasteiger partial charge in [-0.15, -0.1) is 0 Å². The van der Waals surface area contributed by atoms with Crippen LogP contribution in [0, 0.1) is 23.7 Å². The number of hydrogen-bond acceptors (Lipinski definition) is 0. The van der Waals surface area contributed by atoms with Crippen molar-refractivity contribution in [2.45, 2.75) is 44.9 Å². The van der Waals surface area contributed by atoms with E-state index < -0.39 is 0 Å². The number of hydrogen-bond donors (Lipinski definition) is 0. The highest BCUT2D eigenvalue weighted by atomic mass is 14.5. The summed E-state index contributed by atoms with van der Waals surface area (Å²) in [6, 6.07) is 0. The van der Waals surface area contributed by atoms with E-state index in [0.29, 0.717) is 0 Å². The van der Waals surface area contributed by atoms with E-state index >= 15 is 0 Å². The second-order valence-electron chi connectivity index (χ2n) is 5.02. The first-order valence-electron chi connectivity index (χ1n) is 5.43. The van der Waals surface area contributed by atoms with E-state index in [-0.39, 0.29) is 0 Å². The Morgan fingerprint density at radius 1 is 0.545 bits per heavy atom. The minimum absolute atomic E-state index is 1.17. The molecule has 0 heterocycles. The van der Waals surface area contributed by atoms with Crippen molar-refractivity contribution in [3.05, 3.63) is 0 Å². The van der Waals surface area contributed by atoms with Gasteiger partial charge < -0.3 is 0 Å². The Labute approximate surface area is 69.4 Å². The van der Waals surface area contributed by atoms with E-state index in [4.69, 9.17) is 0 Å². The Morgan fingerprint density at radius 2 is 1.00 bits per heavy atom. The first-order chi connectivity index (χ1) is 5.43. The van der Waals surface area contributed by atoms with E-state index in [0.717, 1.165) is 0 Å². The molecular formula is C11H18. The van der Waals surface area contributed by atoms with E-state index in [9.17, 15) is 0 Å². The molecule has 3 fully saturated rings. The van der Waals surface area contributed by atoms with Crippen molar-refractivity contribution in [2.75, 3.05) is 0 Å². The fourth-order valence-electron chi connectivity index (χ4n) is 4.03. The monoisotopic (exact) mass is 150 g/mol. The van der Waals surface area contributed by atoms with E-state index in [1.807, 2.05) is 0 Å². The Bertz CT molecular complexity index is 145. The van der Waals surface area contributed by atoms with Gasteiger partial charge in [0.05, 0.1) is 0 Å². The summed E-state index contributed by atoms with van der Waals surface area (Å²) in [5.74, 6) is 4.70. The van der Waals surface area contributed by atoms with Gasteiger partial charge in [0.1, 0.15) is 0 Å². The summed E-state index contributed by atoms with van der Waals surface area (Å²) in [6.07, 6.45) is 11.1. The van der Waals surface area contributed by atoms with Crippen LogP contribution in [-0.2, 0) is 0 Å². The SMILES string of the molecule is C1CC2CC(C1)C1CCC2C1. The molecule has 0 aromatic heterocycles. The topological polar surface area (TPSA) is 0 Å². The van der Waals surface area contributed by atoms with Crippen LogP contribution in [0.3, 0.4) is 0 Å². The molecule has 4 unspecified atom stereocenters.